The number of aliphatic hydroxyl groups is 1. The first-order valence-electron chi connectivity index (χ1n) is 14.6. The molecule has 1 unspecified atom stereocenters. The minimum Gasteiger partial charge on any atom is -0.491 e. The van der Waals surface area contributed by atoms with Crippen molar-refractivity contribution in [2.75, 3.05) is 39.1 Å². The van der Waals surface area contributed by atoms with Gasteiger partial charge in [0.05, 0.1) is 28.2 Å². The fraction of sp³-hybridized carbons (Fsp3) is 0.500. The highest BCUT2D eigenvalue weighted by molar-refractivity contribution is 7.90. The van der Waals surface area contributed by atoms with E-state index in [1.807, 2.05) is 16.9 Å². The first-order valence-corrected chi connectivity index (χ1v) is 17.9. The summed E-state index contributed by atoms with van der Waals surface area (Å²) in [5.74, 6) is 0.377. The van der Waals surface area contributed by atoms with E-state index in [2.05, 4.69) is 17.3 Å². The van der Waals surface area contributed by atoms with E-state index >= 15 is 0 Å². The molecule has 2 aliphatic rings. The summed E-state index contributed by atoms with van der Waals surface area (Å²) in [6, 6.07) is 13.2. The van der Waals surface area contributed by atoms with Gasteiger partial charge in [0.2, 0.25) is 10.0 Å². The molecule has 43 heavy (non-hydrogen) atoms. The minimum absolute atomic E-state index is 0.00797. The van der Waals surface area contributed by atoms with Crippen LogP contribution in [-0.4, -0.2) is 92.9 Å². The average molecular weight is 633 g/mol. The monoisotopic (exact) mass is 632 g/mol. The van der Waals surface area contributed by atoms with Crippen LogP contribution in [0, 0.1) is 0 Å². The Bertz CT molecular complexity index is 1620. The number of sulfonamides is 1. The second-order valence-electron chi connectivity index (χ2n) is 11.4. The molecular weight excluding hydrogens is 592 g/mol. The smallest absolute Gasteiger partial charge is 0.243 e. The summed E-state index contributed by atoms with van der Waals surface area (Å²) in [5, 5.41) is 18.1. The second kappa shape index (κ2) is 13.0. The van der Waals surface area contributed by atoms with Gasteiger partial charge in [-0.3, -0.25) is 4.68 Å². The number of piperidine rings is 1. The molecule has 0 aliphatic carbocycles. The van der Waals surface area contributed by atoms with Crippen LogP contribution in [0.25, 0.3) is 11.1 Å². The lowest BCUT2D eigenvalue weighted by molar-refractivity contribution is -0.0312. The van der Waals surface area contributed by atoms with Crippen LogP contribution in [-0.2, 0) is 31.1 Å². The number of hydrogen-bond donors (Lipinski definition) is 2. The number of aryl methyl sites for hydroxylation is 1. The molecule has 234 valence electrons. The molecule has 1 aromatic heterocycles. The quantitative estimate of drug-likeness (QED) is 0.309. The first kappa shape index (κ1) is 31.6. The third-order valence-electron chi connectivity index (χ3n) is 8.05. The van der Waals surface area contributed by atoms with Crippen LogP contribution in [0.2, 0.25) is 0 Å². The van der Waals surface area contributed by atoms with Gasteiger partial charge >= 0.3 is 0 Å². The molecule has 11 nitrogen and oxygen atoms in total. The fourth-order valence-electron chi connectivity index (χ4n) is 5.66. The molecule has 13 heteroatoms. The number of benzene rings is 2. The number of hydrogen-bond acceptors (Lipinski definition) is 9. The summed E-state index contributed by atoms with van der Waals surface area (Å²) in [7, 11) is -7.01. The summed E-state index contributed by atoms with van der Waals surface area (Å²) in [6.07, 6.45) is 6.91. The van der Waals surface area contributed by atoms with Crippen LogP contribution in [0.4, 0.5) is 0 Å². The van der Waals surface area contributed by atoms with Crippen LogP contribution in [0.3, 0.4) is 0 Å². The van der Waals surface area contributed by atoms with Crippen molar-refractivity contribution >= 4 is 19.9 Å². The van der Waals surface area contributed by atoms with Crippen molar-refractivity contribution in [3.63, 3.8) is 0 Å². The maximum Gasteiger partial charge on any atom is 0.243 e. The number of aromatic nitrogens is 2. The molecule has 0 saturated carbocycles. The van der Waals surface area contributed by atoms with Gasteiger partial charge in [-0.05, 0) is 61.6 Å². The number of rotatable bonds is 12. The maximum absolute atomic E-state index is 13.5. The fourth-order valence-corrected chi connectivity index (χ4v) is 7.80. The zero-order valence-electron chi connectivity index (χ0n) is 24.6. The highest BCUT2D eigenvalue weighted by Gasteiger charge is 2.44. The third kappa shape index (κ3) is 7.65. The van der Waals surface area contributed by atoms with E-state index in [9.17, 15) is 21.9 Å². The number of ether oxygens (including phenoxy) is 2. The molecule has 2 saturated heterocycles. The lowest BCUT2D eigenvalue weighted by Crippen LogP contribution is -2.47. The molecule has 3 heterocycles. The Labute approximate surface area is 253 Å². The van der Waals surface area contributed by atoms with Crippen molar-refractivity contribution in [2.45, 2.75) is 66.7 Å². The summed E-state index contributed by atoms with van der Waals surface area (Å²) in [5.41, 5.74) is 1.31. The number of nitrogens with one attached hydrogen (secondary N) is 1. The predicted octanol–water partition coefficient (Wildman–Crippen LogP) is 2.71. The van der Waals surface area contributed by atoms with Crippen LogP contribution < -0.4 is 10.1 Å². The standard InChI is InChI=1S/C30H40N4O7S2/c1-3-12-33-20-24(18-32-33)23-6-4-9-29(15-23)43(38,39)34-13-10-30(11-14-34)17-25(21-41-30)31-19-26(35)22-40-27-7-5-8-28(16-27)42(2,36)37/h4-9,15-16,18,20,25-26,31,35H,3,10-14,17,19,21-22H2,1-2H3/t25?,26-/m0/s1. The number of aliphatic hydroxyl groups excluding tert-OH is 1. The van der Waals surface area contributed by atoms with Crippen molar-refractivity contribution in [1.29, 1.82) is 0 Å². The van der Waals surface area contributed by atoms with Gasteiger partial charge in [0.15, 0.2) is 9.84 Å². The molecule has 1 spiro atoms. The first-order chi connectivity index (χ1) is 20.5. The Morgan fingerprint density at radius 3 is 2.58 bits per heavy atom. The van der Waals surface area contributed by atoms with Gasteiger partial charge in [-0.25, -0.2) is 16.8 Å². The summed E-state index contributed by atoms with van der Waals surface area (Å²) < 4.78 is 65.8. The largest absolute Gasteiger partial charge is 0.491 e. The van der Waals surface area contributed by atoms with Crippen molar-refractivity contribution < 1.29 is 31.4 Å². The Morgan fingerprint density at radius 1 is 1.09 bits per heavy atom. The molecule has 0 radical (unpaired) electrons. The molecule has 2 aliphatic heterocycles. The van der Waals surface area contributed by atoms with Crippen molar-refractivity contribution in [3.05, 3.63) is 60.9 Å². The summed E-state index contributed by atoms with van der Waals surface area (Å²) in [4.78, 5) is 0.435. The molecule has 3 aromatic rings. The summed E-state index contributed by atoms with van der Waals surface area (Å²) >= 11 is 0. The van der Waals surface area contributed by atoms with Crippen molar-refractivity contribution in [1.82, 2.24) is 19.4 Å². The van der Waals surface area contributed by atoms with Crippen LogP contribution in [0.1, 0.15) is 32.6 Å². The third-order valence-corrected chi connectivity index (χ3v) is 11.1. The lowest BCUT2D eigenvalue weighted by Gasteiger charge is -2.38. The van der Waals surface area contributed by atoms with Crippen LogP contribution in [0.5, 0.6) is 5.75 Å². The average Bonchev–Trinajstić information content (AvgIpc) is 3.62. The van der Waals surface area contributed by atoms with Crippen molar-refractivity contribution in [3.8, 4) is 16.9 Å². The Kier molecular flexibility index (Phi) is 9.59. The molecule has 2 N–H and O–H groups in total. The Balaban J connectivity index is 1.10. The number of sulfone groups is 1. The van der Waals surface area contributed by atoms with Gasteiger partial charge in [0.25, 0.3) is 0 Å². The van der Waals surface area contributed by atoms with Crippen molar-refractivity contribution in [2.24, 2.45) is 0 Å². The SMILES string of the molecule is CCCn1cc(-c2cccc(S(=O)(=O)N3CCC4(CC3)CC(NC[C@H](O)COc3cccc(S(C)(=O)=O)c3)CO4)c2)cn1. The predicted molar refractivity (Wildman–Crippen MR) is 162 cm³/mol. The number of nitrogens with zero attached hydrogens (tertiary/aromatic N) is 3. The van der Waals surface area contributed by atoms with E-state index in [0.717, 1.165) is 36.8 Å². The molecule has 0 bridgehead atoms. The van der Waals surface area contributed by atoms with Gasteiger partial charge in [0.1, 0.15) is 18.5 Å². The molecular formula is C30H40N4O7S2. The van der Waals surface area contributed by atoms with E-state index in [1.54, 1.807) is 40.8 Å². The Hall–Kier alpha value is -2.81. The molecule has 2 aromatic carbocycles. The topological polar surface area (TPSA) is 140 Å². The molecule has 0 amide bonds. The van der Waals surface area contributed by atoms with E-state index in [1.165, 1.54) is 12.1 Å². The highest BCUT2D eigenvalue weighted by atomic mass is 32.2. The zero-order valence-corrected chi connectivity index (χ0v) is 26.2. The van der Waals surface area contributed by atoms with E-state index < -0.39 is 31.6 Å². The van der Waals surface area contributed by atoms with E-state index in [-0.39, 0.29) is 29.0 Å². The molecule has 5 rings (SSSR count). The van der Waals surface area contributed by atoms with E-state index in [0.29, 0.717) is 38.3 Å². The maximum atomic E-state index is 13.5. The molecule has 2 fully saturated rings. The van der Waals surface area contributed by atoms with Crippen LogP contribution >= 0.6 is 0 Å². The normalized spacial score (nSPS) is 19.9. The van der Waals surface area contributed by atoms with Gasteiger partial charge in [-0.15, -0.1) is 0 Å². The van der Waals surface area contributed by atoms with Crippen LogP contribution in [0.15, 0.2) is 70.7 Å². The lowest BCUT2D eigenvalue weighted by atomic mass is 9.88. The molecule has 2 atom stereocenters. The van der Waals surface area contributed by atoms with Gasteiger partial charge in [-0.2, -0.15) is 9.40 Å². The van der Waals surface area contributed by atoms with Gasteiger partial charge in [0, 0.05) is 50.2 Å². The van der Waals surface area contributed by atoms with Gasteiger partial charge in [-0.1, -0.05) is 25.1 Å². The minimum atomic E-state index is -3.66. The second-order valence-corrected chi connectivity index (χ2v) is 15.4. The van der Waals surface area contributed by atoms with Gasteiger partial charge < -0.3 is 19.9 Å². The summed E-state index contributed by atoms with van der Waals surface area (Å²) in [6.45, 7) is 4.40. The Morgan fingerprint density at radius 2 is 1.84 bits per heavy atom. The zero-order chi connectivity index (χ0) is 30.7. The van der Waals surface area contributed by atoms with E-state index in [4.69, 9.17) is 9.47 Å². The highest BCUT2D eigenvalue weighted by Crippen LogP contribution is 2.37.